The van der Waals surface area contributed by atoms with Gasteiger partial charge in [0.2, 0.25) is 0 Å². The van der Waals surface area contributed by atoms with Gasteiger partial charge < -0.3 is 15.0 Å². The molecule has 1 aromatic heterocycles. The lowest BCUT2D eigenvalue weighted by molar-refractivity contribution is 0.415. The molecule has 0 bridgehead atoms. The first kappa shape index (κ1) is 15.3. The lowest BCUT2D eigenvalue weighted by atomic mass is 10.0. The Hall–Kier alpha value is -2.07. The normalized spacial score (nSPS) is 11.0. The van der Waals surface area contributed by atoms with Gasteiger partial charge in [0.15, 0.2) is 0 Å². The van der Waals surface area contributed by atoms with Gasteiger partial charge in [-0.1, -0.05) is 17.7 Å². The first-order valence-corrected chi connectivity index (χ1v) is 7.09. The zero-order chi connectivity index (χ0) is 15.6. The highest BCUT2D eigenvalue weighted by Gasteiger charge is 2.15. The van der Waals surface area contributed by atoms with E-state index in [4.69, 9.17) is 10.5 Å². The topological polar surface area (TPSA) is 57.2 Å². The maximum absolute atomic E-state index is 12.6. The predicted molar refractivity (Wildman–Crippen MR) is 85.7 cm³/mol. The third kappa shape index (κ3) is 2.85. The Morgan fingerprint density at radius 1 is 1.24 bits per heavy atom. The summed E-state index contributed by atoms with van der Waals surface area (Å²) in [5.74, 6) is 0.759. The van der Waals surface area contributed by atoms with Crippen molar-refractivity contribution < 1.29 is 4.74 Å². The van der Waals surface area contributed by atoms with Crippen molar-refractivity contribution in [3.05, 3.63) is 51.8 Å². The number of methoxy groups -OCH3 is 1. The number of nitrogens with zero attached hydrogens (tertiary/aromatic N) is 1. The van der Waals surface area contributed by atoms with Gasteiger partial charge in [-0.15, -0.1) is 0 Å². The average molecular weight is 286 g/mol. The summed E-state index contributed by atoms with van der Waals surface area (Å²) in [6, 6.07) is 9.75. The number of nitrogens with two attached hydrogens (primary N) is 1. The van der Waals surface area contributed by atoms with E-state index in [-0.39, 0.29) is 18.1 Å². The van der Waals surface area contributed by atoms with Crippen LogP contribution in [0.25, 0.3) is 11.3 Å². The van der Waals surface area contributed by atoms with Crippen LogP contribution in [-0.2, 0) is 6.54 Å². The smallest absolute Gasteiger partial charge is 0.255 e. The second-order valence-corrected chi connectivity index (χ2v) is 5.42. The van der Waals surface area contributed by atoms with Crippen molar-refractivity contribution in [3.63, 3.8) is 0 Å². The lowest BCUT2D eigenvalue weighted by Crippen LogP contribution is -2.28. The van der Waals surface area contributed by atoms with E-state index in [1.54, 1.807) is 17.7 Å². The Morgan fingerprint density at radius 2 is 1.95 bits per heavy atom. The molecule has 0 amide bonds. The van der Waals surface area contributed by atoms with E-state index >= 15 is 0 Å². The molecule has 112 valence electrons. The minimum atomic E-state index is -0.0337. The molecule has 0 radical (unpaired) electrons. The average Bonchev–Trinajstić information content (AvgIpc) is 2.46. The van der Waals surface area contributed by atoms with Gasteiger partial charge in [0.1, 0.15) is 5.75 Å². The summed E-state index contributed by atoms with van der Waals surface area (Å²) in [7, 11) is 1.64. The number of aryl methyl sites for hydroxylation is 1. The number of ether oxygens (including phenoxy) is 1. The van der Waals surface area contributed by atoms with Crippen molar-refractivity contribution in [2.24, 2.45) is 5.73 Å². The SMILES string of the molecule is COc1ccc(C)cc1-c1ccc(CN)c(=O)n1C(C)C. The minimum Gasteiger partial charge on any atom is -0.496 e. The molecule has 4 nitrogen and oxygen atoms in total. The molecule has 0 aliphatic heterocycles. The molecule has 0 saturated carbocycles. The van der Waals surface area contributed by atoms with Crippen molar-refractivity contribution >= 4 is 0 Å². The summed E-state index contributed by atoms with van der Waals surface area (Å²) >= 11 is 0. The number of pyridine rings is 1. The molecule has 0 saturated heterocycles. The third-order valence-corrected chi connectivity index (χ3v) is 3.56. The van der Waals surface area contributed by atoms with Gasteiger partial charge in [-0.05, 0) is 39.0 Å². The summed E-state index contributed by atoms with van der Waals surface area (Å²) in [4.78, 5) is 12.6. The Balaban J connectivity index is 2.78. The minimum absolute atomic E-state index is 0.0337. The second kappa shape index (κ2) is 6.14. The molecule has 0 aliphatic carbocycles. The first-order valence-electron chi connectivity index (χ1n) is 7.09. The van der Waals surface area contributed by atoms with E-state index in [9.17, 15) is 4.79 Å². The maximum Gasteiger partial charge on any atom is 0.255 e. The van der Waals surface area contributed by atoms with Gasteiger partial charge in [0.05, 0.1) is 12.8 Å². The van der Waals surface area contributed by atoms with Crippen molar-refractivity contribution in [1.29, 1.82) is 0 Å². The van der Waals surface area contributed by atoms with Crippen LogP contribution in [-0.4, -0.2) is 11.7 Å². The van der Waals surface area contributed by atoms with Crippen LogP contribution in [0.3, 0.4) is 0 Å². The zero-order valence-electron chi connectivity index (χ0n) is 13.0. The summed E-state index contributed by atoms with van der Waals surface area (Å²) in [6.07, 6.45) is 0. The van der Waals surface area contributed by atoms with E-state index in [2.05, 4.69) is 0 Å². The first-order chi connectivity index (χ1) is 9.99. The largest absolute Gasteiger partial charge is 0.496 e. The second-order valence-electron chi connectivity index (χ2n) is 5.42. The van der Waals surface area contributed by atoms with Crippen LogP contribution in [0.1, 0.15) is 31.0 Å². The van der Waals surface area contributed by atoms with Gasteiger partial charge in [-0.3, -0.25) is 4.79 Å². The van der Waals surface area contributed by atoms with E-state index in [1.807, 2.05) is 45.0 Å². The highest BCUT2D eigenvalue weighted by molar-refractivity contribution is 5.68. The molecule has 2 aromatic rings. The predicted octanol–water partition coefficient (Wildman–Crippen LogP) is 2.87. The van der Waals surface area contributed by atoms with Crippen LogP contribution in [0.5, 0.6) is 5.75 Å². The molecular formula is C17H22N2O2. The van der Waals surface area contributed by atoms with E-state index in [0.717, 1.165) is 22.6 Å². The van der Waals surface area contributed by atoms with Crippen LogP contribution in [0.2, 0.25) is 0 Å². The van der Waals surface area contributed by atoms with Crippen LogP contribution < -0.4 is 16.0 Å². The van der Waals surface area contributed by atoms with E-state index in [0.29, 0.717) is 5.56 Å². The Kier molecular flexibility index (Phi) is 4.48. The summed E-state index contributed by atoms with van der Waals surface area (Å²) in [5, 5.41) is 0. The molecular weight excluding hydrogens is 264 g/mol. The Morgan fingerprint density at radius 3 is 2.52 bits per heavy atom. The third-order valence-electron chi connectivity index (χ3n) is 3.56. The zero-order valence-corrected chi connectivity index (χ0v) is 13.0. The van der Waals surface area contributed by atoms with Crippen LogP contribution >= 0.6 is 0 Å². The van der Waals surface area contributed by atoms with Crippen LogP contribution in [0.15, 0.2) is 35.1 Å². The molecule has 0 aliphatic rings. The lowest BCUT2D eigenvalue weighted by Gasteiger charge is -2.19. The van der Waals surface area contributed by atoms with Crippen LogP contribution in [0, 0.1) is 6.92 Å². The monoisotopic (exact) mass is 286 g/mol. The van der Waals surface area contributed by atoms with Gasteiger partial charge in [0, 0.05) is 23.7 Å². The van der Waals surface area contributed by atoms with Crippen molar-refractivity contribution in [2.45, 2.75) is 33.4 Å². The molecule has 0 unspecified atom stereocenters. The molecule has 1 aromatic carbocycles. The Labute approximate surface area is 125 Å². The van der Waals surface area contributed by atoms with Gasteiger partial charge in [-0.25, -0.2) is 0 Å². The van der Waals surface area contributed by atoms with E-state index < -0.39 is 0 Å². The van der Waals surface area contributed by atoms with Crippen molar-refractivity contribution in [1.82, 2.24) is 4.57 Å². The number of benzene rings is 1. The molecule has 2 N–H and O–H groups in total. The summed E-state index contributed by atoms with van der Waals surface area (Å²) in [5.41, 5.74) is 9.14. The molecule has 1 heterocycles. The van der Waals surface area contributed by atoms with Gasteiger partial charge in [0.25, 0.3) is 5.56 Å². The summed E-state index contributed by atoms with van der Waals surface area (Å²) < 4.78 is 7.22. The molecule has 21 heavy (non-hydrogen) atoms. The molecule has 2 rings (SSSR count). The fourth-order valence-electron chi connectivity index (χ4n) is 2.50. The van der Waals surface area contributed by atoms with Crippen molar-refractivity contribution in [3.8, 4) is 17.0 Å². The van der Waals surface area contributed by atoms with Gasteiger partial charge >= 0.3 is 0 Å². The highest BCUT2D eigenvalue weighted by atomic mass is 16.5. The number of rotatable bonds is 4. The maximum atomic E-state index is 12.6. The van der Waals surface area contributed by atoms with Crippen molar-refractivity contribution in [2.75, 3.05) is 7.11 Å². The summed E-state index contributed by atoms with van der Waals surface area (Å²) in [6.45, 7) is 6.26. The molecule has 4 heteroatoms. The standard InChI is InChI=1S/C17H22N2O2/c1-11(2)19-15(7-6-13(10-18)17(19)20)14-9-12(3)5-8-16(14)21-4/h5-9,11H,10,18H2,1-4H3. The molecule has 0 atom stereocenters. The fourth-order valence-corrected chi connectivity index (χ4v) is 2.50. The fraction of sp³-hybridized carbons (Fsp3) is 0.353. The van der Waals surface area contributed by atoms with Crippen LogP contribution in [0.4, 0.5) is 0 Å². The number of aromatic nitrogens is 1. The van der Waals surface area contributed by atoms with Gasteiger partial charge in [-0.2, -0.15) is 0 Å². The highest BCUT2D eigenvalue weighted by Crippen LogP contribution is 2.31. The number of hydrogen-bond donors (Lipinski definition) is 1. The van der Waals surface area contributed by atoms with E-state index in [1.165, 1.54) is 0 Å². The molecule has 0 fully saturated rings. The quantitative estimate of drug-likeness (QED) is 0.940. The molecule has 0 spiro atoms. The Bertz CT molecular complexity index is 702. The number of hydrogen-bond acceptors (Lipinski definition) is 3.